The Morgan fingerprint density at radius 3 is 1.68 bits per heavy atom. The molecular formula is C22H42O2S. The average Bonchev–Trinajstić information content (AvgIpc) is 2.18. The molecule has 0 amide bonds. The number of ketones is 1. The van der Waals surface area contributed by atoms with Gasteiger partial charge in [0, 0.05) is 6.42 Å². The number of hydrogen-bond donors (Lipinski definition) is 0. The summed E-state index contributed by atoms with van der Waals surface area (Å²) in [5.74, 6) is 3.28. The Kier molecular flexibility index (Phi) is 8.81. The second-order valence-corrected chi connectivity index (χ2v) is 11.8. The van der Waals surface area contributed by atoms with Gasteiger partial charge in [-0.05, 0) is 68.3 Å². The van der Waals surface area contributed by atoms with Crippen LogP contribution in [-0.4, -0.2) is 22.9 Å². The lowest BCUT2D eigenvalue weighted by Crippen LogP contribution is -2.33. The molecule has 0 atom stereocenters. The van der Waals surface area contributed by atoms with Crippen LogP contribution < -0.4 is 0 Å². The zero-order valence-corrected chi connectivity index (χ0v) is 19.3. The van der Waals surface area contributed by atoms with Crippen molar-refractivity contribution in [2.24, 2.45) is 16.2 Å². The Morgan fingerprint density at radius 2 is 1.28 bits per heavy atom. The maximum Gasteiger partial charge on any atom is 0.130 e. The minimum atomic E-state index is -0.186. The molecule has 0 aromatic heterocycles. The highest BCUT2D eigenvalue weighted by atomic mass is 32.2. The molecule has 0 aliphatic heterocycles. The third-order valence-electron chi connectivity index (χ3n) is 4.03. The SMILES string of the molecule is C=C(C)OC(C)(C)CC(C)(C)CSCC(C)(C)CC(C)(C)CC(C)=O. The average molecular weight is 371 g/mol. The summed E-state index contributed by atoms with van der Waals surface area (Å²) < 4.78 is 5.89. The van der Waals surface area contributed by atoms with Gasteiger partial charge in [-0.1, -0.05) is 48.1 Å². The van der Waals surface area contributed by atoms with Crippen LogP contribution in [0.15, 0.2) is 12.3 Å². The van der Waals surface area contributed by atoms with E-state index in [1.807, 2.05) is 18.7 Å². The van der Waals surface area contributed by atoms with E-state index in [0.29, 0.717) is 6.42 Å². The fourth-order valence-electron chi connectivity index (χ4n) is 4.40. The van der Waals surface area contributed by atoms with E-state index in [1.54, 1.807) is 6.92 Å². The van der Waals surface area contributed by atoms with Crippen LogP contribution in [0.2, 0.25) is 0 Å². The molecule has 0 N–H and O–H groups in total. The summed E-state index contributed by atoms with van der Waals surface area (Å²) in [7, 11) is 0. The van der Waals surface area contributed by atoms with Crippen molar-refractivity contribution in [3.63, 3.8) is 0 Å². The maximum atomic E-state index is 11.5. The van der Waals surface area contributed by atoms with E-state index in [0.717, 1.165) is 30.1 Å². The summed E-state index contributed by atoms with van der Waals surface area (Å²) in [5, 5.41) is 0. The van der Waals surface area contributed by atoms with Gasteiger partial charge in [-0.25, -0.2) is 0 Å². The first-order valence-electron chi connectivity index (χ1n) is 9.37. The Hall–Kier alpha value is -0.440. The van der Waals surface area contributed by atoms with Crippen LogP contribution in [0.5, 0.6) is 0 Å². The lowest BCUT2D eigenvalue weighted by atomic mass is 9.73. The molecular weight excluding hydrogens is 328 g/mol. The Morgan fingerprint density at radius 1 is 0.840 bits per heavy atom. The smallest absolute Gasteiger partial charge is 0.130 e. The van der Waals surface area contributed by atoms with Gasteiger partial charge >= 0.3 is 0 Å². The Labute approximate surface area is 161 Å². The third kappa shape index (κ3) is 12.5. The number of thioether (sulfide) groups is 1. The highest BCUT2D eigenvalue weighted by Gasteiger charge is 2.33. The standard InChI is InChI=1S/C22H42O2S/c1-17(2)24-22(10,11)14-21(8,9)16-25-15-20(6,7)13-19(4,5)12-18(3)23/h1,12-16H2,2-11H3. The van der Waals surface area contributed by atoms with Crippen molar-refractivity contribution < 1.29 is 9.53 Å². The number of carbonyl (C=O) groups excluding carboxylic acids is 1. The molecule has 0 aliphatic carbocycles. The lowest BCUT2D eigenvalue weighted by Gasteiger charge is -2.37. The predicted molar refractivity (Wildman–Crippen MR) is 113 cm³/mol. The highest BCUT2D eigenvalue weighted by molar-refractivity contribution is 7.99. The van der Waals surface area contributed by atoms with Gasteiger partial charge in [0.05, 0.1) is 5.76 Å². The van der Waals surface area contributed by atoms with Gasteiger partial charge in [0.15, 0.2) is 0 Å². The summed E-state index contributed by atoms with van der Waals surface area (Å²) in [5.41, 5.74) is 0.315. The van der Waals surface area contributed by atoms with Crippen LogP contribution in [0.1, 0.15) is 88.5 Å². The number of ether oxygens (including phenoxy) is 1. The van der Waals surface area contributed by atoms with Crippen LogP contribution in [0, 0.1) is 16.2 Å². The second-order valence-electron chi connectivity index (χ2n) is 10.8. The van der Waals surface area contributed by atoms with Gasteiger partial charge in [0.1, 0.15) is 11.4 Å². The molecule has 0 aromatic carbocycles. The normalized spacial score (nSPS) is 13.7. The number of allylic oxidation sites excluding steroid dienone is 1. The van der Waals surface area contributed by atoms with Gasteiger partial charge in [-0.2, -0.15) is 11.8 Å². The molecule has 0 rings (SSSR count). The quantitative estimate of drug-likeness (QED) is 0.350. The van der Waals surface area contributed by atoms with E-state index in [1.165, 1.54) is 0 Å². The van der Waals surface area contributed by atoms with Crippen LogP contribution in [0.25, 0.3) is 0 Å². The van der Waals surface area contributed by atoms with Crippen molar-refractivity contribution in [1.29, 1.82) is 0 Å². The summed E-state index contributed by atoms with van der Waals surface area (Å²) in [6, 6.07) is 0. The lowest BCUT2D eigenvalue weighted by molar-refractivity contribution is -0.119. The Balaban J connectivity index is 4.56. The van der Waals surface area contributed by atoms with Crippen molar-refractivity contribution in [3.8, 4) is 0 Å². The Bertz CT molecular complexity index is 417. The summed E-state index contributed by atoms with van der Waals surface area (Å²) in [6.07, 6.45) is 2.73. The first-order chi connectivity index (χ1) is 11.0. The van der Waals surface area contributed by atoms with Gasteiger partial charge in [-0.3, -0.25) is 0 Å². The summed E-state index contributed by atoms with van der Waals surface area (Å²) in [6.45, 7) is 25.5. The third-order valence-corrected chi connectivity index (χ3v) is 6.00. The highest BCUT2D eigenvalue weighted by Crippen LogP contribution is 2.40. The molecule has 0 spiro atoms. The van der Waals surface area contributed by atoms with Gasteiger partial charge in [0.25, 0.3) is 0 Å². The minimum Gasteiger partial charge on any atom is -0.493 e. The minimum absolute atomic E-state index is 0.0722. The fraction of sp³-hybridized carbons (Fsp3) is 0.864. The van der Waals surface area contributed by atoms with E-state index in [4.69, 9.17) is 4.74 Å². The summed E-state index contributed by atoms with van der Waals surface area (Å²) in [4.78, 5) is 11.5. The van der Waals surface area contributed by atoms with Crippen molar-refractivity contribution in [2.45, 2.75) is 94.1 Å². The van der Waals surface area contributed by atoms with Crippen molar-refractivity contribution in [2.75, 3.05) is 11.5 Å². The number of rotatable bonds is 12. The van der Waals surface area contributed by atoms with E-state index >= 15 is 0 Å². The molecule has 0 heterocycles. The number of carbonyl (C=O) groups is 1. The predicted octanol–water partition coefficient (Wildman–Crippen LogP) is 6.89. The second kappa shape index (κ2) is 8.97. The molecule has 0 saturated carbocycles. The first-order valence-corrected chi connectivity index (χ1v) is 10.5. The zero-order valence-electron chi connectivity index (χ0n) is 18.5. The fourth-order valence-corrected chi connectivity index (χ4v) is 5.81. The van der Waals surface area contributed by atoms with E-state index in [-0.39, 0.29) is 27.6 Å². The van der Waals surface area contributed by atoms with Crippen molar-refractivity contribution in [3.05, 3.63) is 12.3 Å². The molecule has 0 aliphatic rings. The topological polar surface area (TPSA) is 26.3 Å². The number of hydrogen-bond acceptors (Lipinski definition) is 3. The van der Waals surface area contributed by atoms with Crippen LogP contribution in [0.4, 0.5) is 0 Å². The largest absolute Gasteiger partial charge is 0.493 e. The van der Waals surface area contributed by atoms with Gasteiger partial charge < -0.3 is 9.53 Å². The van der Waals surface area contributed by atoms with E-state index in [9.17, 15) is 4.79 Å². The molecule has 0 fully saturated rings. The van der Waals surface area contributed by atoms with Gasteiger partial charge in [-0.15, -0.1) is 0 Å². The molecule has 148 valence electrons. The number of Topliss-reactive ketones (excluding diaryl/α,β-unsaturated/α-hetero) is 1. The monoisotopic (exact) mass is 370 g/mol. The van der Waals surface area contributed by atoms with Crippen LogP contribution in [-0.2, 0) is 9.53 Å². The van der Waals surface area contributed by atoms with Crippen molar-refractivity contribution in [1.82, 2.24) is 0 Å². The first kappa shape index (κ1) is 24.6. The van der Waals surface area contributed by atoms with Gasteiger partial charge in [0.2, 0.25) is 0 Å². The molecule has 0 saturated heterocycles. The molecule has 0 radical (unpaired) electrons. The van der Waals surface area contributed by atoms with Crippen LogP contribution >= 0.6 is 11.8 Å². The molecule has 25 heavy (non-hydrogen) atoms. The molecule has 0 bridgehead atoms. The van der Waals surface area contributed by atoms with Crippen molar-refractivity contribution >= 4 is 17.5 Å². The zero-order chi connectivity index (χ0) is 20.1. The van der Waals surface area contributed by atoms with Crippen LogP contribution in [0.3, 0.4) is 0 Å². The molecule has 0 unspecified atom stereocenters. The van der Waals surface area contributed by atoms with E-state index in [2.05, 4.69) is 62.0 Å². The molecule has 3 heteroatoms. The van der Waals surface area contributed by atoms with E-state index < -0.39 is 0 Å². The summed E-state index contributed by atoms with van der Waals surface area (Å²) >= 11 is 2.02. The molecule has 2 nitrogen and oxygen atoms in total. The molecule has 0 aromatic rings. The maximum absolute atomic E-state index is 11.5.